The van der Waals surface area contributed by atoms with Gasteiger partial charge in [0.25, 0.3) is 0 Å². The summed E-state index contributed by atoms with van der Waals surface area (Å²) < 4.78 is 0. The quantitative estimate of drug-likeness (QED) is 0.564. The van der Waals surface area contributed by atoms with Crippen LogP contribution in [0.4, 0.5) is 0 Å². The number of hydrogen-bond acceptors (Lipinski definition) is 2. The molecule has 0 unspecified atom stereocenters. The van der Waals surface area contributed by atoms with Gasteiger partial charge >= 0.3 is 0 Å². The molecule has 0 atom stereocenters. The van der Waals surface area contributed by atoms with Crippen LogP contribution < -0.4 is 0 Å². The second-order valence-electron chi connectivity index (χ2n) is 4.33. The van der Waals surface area contributed by atoms with Crippen molar-refractivity contribution in [2.75, 3.05) is 0 Å². The van der Waals surface area contributed by atoms with E-state index < -0.39 is 0 Å². The first-order valence-electron chi connectivity index (χ1n) is 5.20. The van der Waals surface area contributed by atoms with Crippen molar-refractivity contribution >= 4 is 12.4 Å². The lowest BCUT2D eigenvalue weighted by Crippen LogP contribution is -2.21. The van der Waals surface area contributed by atoms with Crippen molar-refractivity contribution in [3.63, 3.8) is 0 Å². The SMILES string of the molecule is CC.CC1(C)C=N/C=C\C(C)(C)N=C1. The van der Waals surface area contributed by atoms with E-state index in [0.717, 1.165) is 0 Å². The van der Waals surface area contributed by atoms with Gasteiger partial charge < -0.3 is 0 Å². The van der Waals surface area contributed by atoms with Gasteiger partial charge in [0.2, 0.25) is 0 Å². The van der Waals surface area contributed by atoms with Crippen LogP contribution in [0.1, 0.15) is 41.5 Å². The Balaban J connectivity index is 0.000000791. The van der Waals surface area contributed by atoms with E-state index in [-0.39, 0.29) is 11.0 Å². The summed E-state index contributed by atoms with van der Waals surface area (Å²) in [4.78, 5) is 8.65. The highest BCUT2D eigenvalue weighted by molar-refractivity contribution is 5.88. The fourth-order valence-corrected chi connectivity index (χ4v) is 0.870. The van der Waals surface area contributed by atoms with Gasteiger partial charge in [-0.25, -0.2) is 0 Å². The zero-order valence-corrected chi connectivity index (χ0v) is 10.2. The van der Waals surface area contributed by atoms with E-state index in [2.05, 4.69) is 37.7 Å². The van der Waals surface area contributed by atoms with Crippen molar-refractivity contribution in [3.8, 4) is 0 Å². The predicted molar refractivity (Wildman–Crippen MR) is 65.3 cm³/mol. The average molecular weight is 194 g/mol. The van der Waals surface area contributed by atoms with Crippen LogP contribution in [-0.4, -0.2) is 18.0 Å². The number of rotatable bonds is 0. The van der Waals surface area contributed by atoms with E-state index in [1.807, 2.05) is 38.6 Å². The molecule has 1 rings (SSSR count). The Labute approximate surface area is 87.9 Å². The van der Waals surface area contributed by atoms with Crippen LogP contribution in [-0.2, 0) is 0 Å². The van der Waals surface area contributed by atoms with Crippen LogP contribution in [0.5, 0.6) is 0 Å². The van der Waals surface area contributed by atoms with Crippen LogP contribution in [0.25, 0.3) is 0 Å². The summed E-state index contributed by atoms with van der Waals surface area (Å²) in [5.74, 6) is 0. The Kier molecular flexibility index (Phi) is 4.75. The molecule has 0 aromatic carbocycles. The monoisotopic (exact) mass is 194 g/mol. The first kappa shape index (κ1) is 13.1. The molecule has 0 aromatic heterocycles. The maximum Gasteiger partial charge on any atom is 0.0745 e. The molecule has 1 heterocycles. The second-order valence-corrected chi connectivity index (χ2v) is 4.33. The van der Waals surface area contributed by atoms with Gasteiger partial charge in [-0.15, -0.1) is 0 Å². The van der Waals surface area contributed by atoms with Gasteiger partial charge in [-0.2, -0.15) is 0 Å². The molecule has 14 heavy (non-hydrogen) atoms. The number of nitrogens with zero attached hydrogens (tertiary/aromatic N) is 2. The highest BCUT2D eigenvalue weighted by Crippen LogP contribution is 2.17. The zero-order chi connectivity index (χ0) is 11.2. The van der Waals surface area contributed by atoms with Gasteiger partial charge in [0, 0.05) is 24.0 Å². The summed E-state index contributed by atoms with van der Waals surface area (Å²) in [5.41, 5.74) is -0.142. The Hall–Kier alpha value is -0.920. The molecule has 80 valence electrons. The molecule has 0 bridgehead atoms. The largest absolute Gasteiger partial charge is 0.286 e. The molecule has 0 aliphatic carbocycles. The summed E-state index contributed by atoms with van der Waals surface area (Å²) in [7, 11) is 0. The van der Waals surface area contributed by atoms with Crippen LogP contribution in [0, 0.1) is 5.41 Å². The highest BCUT2D eigenvalue weighted by Gasteiger charge is 2.17. The standard InChI is InChI=1S/C10H16N2.C2H6/c1-9(2)7-11-6-5-10(3,4)12-8-9;1-2/h5-8H,1-4H3;1-2H3/b6-5-,11-7?,12-8?;. The van der Waals surface area contributed by atoms with Crippen LogP contribution >= 0.6 is 0 Å². The van der Waals surface area contributed by atoms with Gasteiger partial charge in [0.15, 0.2) is 0 Å². The molecule has 0 amide bonds. The highest BCUT2D eigenvalue weighted by atomic mass is 14.8. The maximum atomic E-state index is 4.47. The van der Waals surface area contributed by atoms with Crippen molar-refractivity contribution in [1.29, 1.82) is 0 Å². The van der Waals surface area contributed by atoms with Gasteiger partial charge in [-0.1, -0.05) is 13.8 Å². The van der Waals surface area contributed by atoms with Gasteiger partial charge in [0.1, 0.15) is 0 Å². The Morgan fingerprint density at radius 1 is 0.929 bits per heavy atom. The minimum absolute atomic E-state index is 0.0258. The van der Waals surface area contributed by atoms with E-state index in [9.17, 15) is 0 Å². The van der Waals surface area contributed by atoms with E-state index >= 15 is 0 Å². The topological polar surface area (TPSA) is 24.7 Å². The summed E-state index contributed by atoms with van der Waals surface area (Å²) in [5, 5.41) is 0. The third-order valence-corrected chi connectivity index (χ3v) is 1.71. The Morgan fingerprint density at radius 2 is 1.50 bits per heavy atom. The molecular weight excluding hydrogens is 172 g/mol. The number of hydrogen-bond donors (Lipinski definition) is 0. The van der Waals surface area contributed by atoms with Crippen molar-refractivity contribution in [3.05, 3.63) is 12.3 Å². The molecular formula is C12H22N2. The maximum absolute atomic E-state index is 4.47. The Morgan fingerprint density at radius 3 is 2.07 bits per heavy atom. The van der Waals surface area contributed by atoms with E-state index in [0.29, 0.717) is 0 Å². The fraction of sp³-hybridized carbons (Fsp3) is 0.667. The van der Waals surface area contributed by atoms with Crippen molar-refractivity contribution in [2.24, 2.45) is 15.4 Å². The lowest BCUT2D eigenvalue weighted by molar-refractivity contribution is 0.638. The molecule has 0 fully saturated rings. The molecule has 0 saturated carbocycles. The molecule has 1 aliphatic heterocycles. The average Bonchev–Trinajstić information content (AvgIpc) is 2.12. The van der Waals surface area contributed by atoms with Crippen LogP contribution in [0.15, 0.2) is 22.3 Å². The minimum Gasteiger partial charge on any atom is -0.286 e. The van der Waals surface area contributed by atoms with Crippen LogP contribution in [0.2, 0.25) is 0 Å². The summed E-state index contributed by atoms with van der Waals surface area (Å²) in [6.45, 7) is 12.3. The van der Waals surface area contributed by atoms with E-state index in [4.69, 9.17) is 0 Å². The molecule has 0 saturated heterocycles. The van der Waals surface area contributed by atoms with Gasteiger partial charge in [-0.3, -0.25) is 9.98 Å². The third-order valence-electron chi connectivity index (χ3n) is 1.71. The molecule has 1 aliphatic rings. The number of aliphatic imine (C=N–C) groups is 2. The zero-order valence-electron chi connectivity index (χ0n) is 10.2. The first-order valence-corrected chi connectivity index (χ1v) is 5.20. The lowest BCUT2D eigenvalue weighted by atomic mass is 9.95. The molecule has 0 aromatic rings. The van der Waals surface area contributed by atoms with E-state index in [1.165, 1.54) is 0 Å². The van der Waals surface area contributed by atoms with Gasteiger partial charge in [-0.05, 0) is 33.8 Å². The molecule has 0 N–H and O–H groups in total. The fourth-order valence-electron chi connectivity index (χ4n) is 0.870. The lowest BCUT2D eigenvalue weighted by Gasteiger charge is -2.20. The molecule has 0 radical (unpaired) electrons. The van der Waals surface area contributed by atoms with Crippen molar-refractivity contribution < 1.29 is 0 Å². The molecule has 0 spiro atoms. The smallest absolute Gasteiger partial charge is 0.0745 e. The summed E-state index contributed by atoms with van der Waals surface area (Å²) in [6, 6.07) is 0. The van der Waals surface area contributed by atoms with Crippen LogP contribution in [0.3, 0.4) is 0 Å². The Bertz CT molecular complexity index is 219. The predicted octanol–water partition coefficient (Wildman–Crippen LogP) is 3.49. The molecule has 2 heteroatoms. The normalized spacial score (nSPS) is 24.1. The first-order chi connectivity index (χ1) is 6.41. The summed E-state index contributed by atoms with van der Waals surface area (Å²) in [6.07, 6.45) is 7.68. The van der Waals surface area contributed by atoms with E-state index in [1.54, 1.807) is 0 Å². The van der Waals surface area contributed by atoms with Gasteiger partial charge in [0.05, 0.1) is 5.54 Å². The second kappa shape index (κ2) is 5.08. The van der Waals surface area contributed by atoms with Crippen molar-refractivity contribution in [1.82, 2.24) is 0 Å². The third kappa shape index (κ3) is 4.95. The summed E-state index contributed by atoms with van der Waals surface area (Å²) >= 11 is 0. The van der Waals surface area contributed by atoms with Crippen molar-refractivity contribution in [2.45, 2.75) is 47.1 Å². The minimum atomic E-state index is -0.116. The molecule has 2 nitrogen and oxygen atoms in total.